The van der Waals surface area contributed by atoms with Crippen LogP contribution in [-0.2, 0) is 6.54 Å². The van der Waals surface area contributed by atoms with Crippen molar-refractivity contribution in [2.24, 2.45) is 5.41 Å². The third kappa shape index (κ3) is 3.48. The van der Waals surface area contributed by atoms with Crippen molar-refractivity contribution in [1.29, 1.82) is 0 Å². The van der Waals surface area contributed by atoms with E-state index in [9.17, 15) is 5.11 Å². The van der Waals surface area contributed by atoms with Gasteiger partial charge in [0.05, 0.1) is 5.02 Å². The molecule has 2 heterocycles. The Balaban J connectivity index is 1.73. The molecule has 0 amide bonds. The first-order chi connectivity index (χ1) is 10.1. The number of nitrogens with zero attached hydrogens (tertiary/aromatic N) is 1. The van der Waals surface area contributed by atoms with Gasteiger partial charge in [0, 0.05) is 30.2 Å². The Labute approximate surface area is 136 Å². The molecular weight excluding hydrogens is 307 g/mol. The van der Waals surface area contributed by atoms with Gasteiger partial charge in [-0.3, -0.25) is 4.90 Å². The Kier molecular flexibility index (Phi) is 4.65. The van der Waals surface area contributed by atoms with Crippen LogP contribution < -0.4 is 5.32 Å². The summed E-state index contributed by atoms with van der Waals surface area (Å²) < 4.78 is 0. The largest absolute Gasteiger partial charge is 0.506 e. The van der Waals surface area contributed by atoms with Crippen LogP contribution in [0.3, 0.4) is 0 Å². The lowest BCUT2D eigenvalue weighted by Crippen LogP contribution is -2.50. The van der Waals surface area contributed by atoms with Crippen LogP contribution in [0.5, 0.6) is 5.75 Å². The maximum Gasteiger partial charge on any atom is 0.138 e. The number of hydrogen-bond acceptors (Lipinski definition) is 3. The lowest BCUT2D eigenvalue weighted by Gasteiger charge is -2.45. The summed E-state index contributed by atoms with van der Waals surface area (Å²) in [4.78, 5) is 2.43. The zero-order chi connectivity index (χ0) is 14.9. The maximum absolute atomic E-state index is 10.1. The molecule has 2 fully saturated rings. The fraction of sp³-hybridized carbons (Fsp3) is 0.625. The molecule has 2 aliphatic heterocycles. The van der Waals surface area contributed by atoms with Crippen LogP contribution in [0.1, 0.15) is 31.2 Å². The highest BCUT2D eigenvalue weighted by atomic mass is 35.5. The smallest absolute Gasteiger partial charge is 0.138 e. The molecule has 1 spiro atoms. The van der Waals surface area contributed by atoms with E-state index in [2.05, 4.69) is 10.2 Å². The van der Waals surface area contributed by atoms with Crippen molar-refractivity contribution in [2.45, 2.75) is 32.2 Å². The van der Waals surface area contributed by atoms with E-state index in [1.165, 1.54) is 25.7 Å². The van der Waals surface area contributed by atoms with Crippen molar-refractivity contribution in [2.75, 3.05) is 26.2 Å². The molecule has 3 rings (SSSR count). The van der Waals surface area contributed by atoms with Gasteiger partial charge in [0.25, 0.3) is 0 Å². The molecule has 2 aliphatic rings. The Morgan fingerprint density at radius 3 is 2.81 bits per heavy atom. The molecule has 5 heteroatoms. The average Bonchev–Trinajstić information content (AvgIpc) is 2.45. The number of piperidine rings is 2. The van der Waals surface area contributed by atoms with Crippen LogP contribution in [0, 0.1) is 5.41 Å². The minimum absolute atomic E-state index is 0.169. The number of rotatable bonds is 2. The molecule has 1 unspecified atom stereocenters. The SMILES string of the molecule is Oc1c(Cl)cc(Cl)cc1CN1CCCC2(CCCNC2)C1. The second-order valence-corrected chi connectivity index (χ2v) is 7.33. The first-order valence-corrected chi connectivity index (χ1v) is 8.44. The van der Waals surface area contributed by atoms with Crippen LogP contribution in [0.15, 0.2) is 12.1 Å². The molecule has 0 bridgehead atoms. The lowest BCUT2D eigenvalue weighted by atomic mass is 9.74. The van der Waals surface area contributed by atoms with Crippen molar-refractivity contribution < 1.29 is 5.11 Å². The fourth-order valence-corrected chi connectivity index (χ4v) is 4.34. The van der Waals surface area contributed by atoms with Gasteiger partial charge < -0.3 is 10.4 Å². The number of halogens is 2. The van der Waals surface area contributed by atoms with Crippen LogP contribution in [0.2, 0.25) is 10.0 Å². The Bertz CT molecular complexity index is 510. The van der Waals surface area contributed by atoms with Gasteiger partial charge in [-0.2, -0.15) is 0 Å². The van der Waals surface area contributed by atoms with Gasteiger partial charge in [-0.1, -0.05) is 23.2 Å². The zero-order valence-electron chi connectivity index (χ0n) is 12.2. The molecule has 0 aromatic heterocycles. The van der Waals surface area contributed by atoms with Crippen LogP contribution in [-0.4, -0.2) is 36.2 Å². The number of nitrogens with one attached hydrogen (secondary N) is 1. The summed E-state index contributed by atoms with van der Waals surface area (Å²) in [7, 11) is 0. The van der Waals surface area contributed by atoms with Crippen molar-refractivity contribution in [3.63, 3.8) is 0 Å². The number of likely N-dealkylation sites (tertiary alicyclic amines) is 1. The molecular formula is C16H22Cl2N2O. The minimum atomic E-state index is 0.169. The molecule has 0 saturated carbocycles. The summed E-state index contributed by atoms with van der Waals surface area (Å²) in [6.07, 6.45) is 5.09. The van der Waals surface area contributed by atoms with E-state index < -0.39 is 0 Å². The average molecular weight is 329 g/mol. The van der Waals surface area contributed by atoms with Gasteiger partial charge in [-0.05, 0) is 56.3 Å². The molecule has 21 heavy (non-hydrogen) atoms. The van der Waals surface area contributed by atoms with Crippen molar-refractivity contribution in [3.8, 4) is 5.75 Å². The van der Waals surface area contributed by atoms with Gasteiger partial charge in [0.2, 0.25) is 0 Å². The second kappa shape index (κ2) is 6.33. The van der Waals surface area contributed by atoms with Gasteiger partial charge in [0.15, 0.2) is 0 Å². The summed E-state index contributed by atoms with van der Waals surface area (Å²) >= 11 is 12.1. The first-order valence-electron chi connectivity index (χ1n) is 7.68. The van der Waals surface area contributed by atoms with Gasteiger partial charge in [-0.25, -0.2) is 0 Å². The molecule has 3 nitrogen and oxygen atoms in total. The number of phenols is 1. The topological polar surface area (TPSA) is 35.5 Å². The Morgan fingerprint density at radius 2 is 2.05 bits per heavy atom. The third-order valence-corrected chi connectivity index (χ3v) is 5.31. The predicted octanol–water partition coefficient (Wildman–Crippen LogP) is 3.66. The standard InChI is InChI=1S/C16H22Cl2N2O/c17-13-7-12(15(21)14(18)8-13)9-20-6-2-4-16(11-20)3-1-5-19-10-16/h7-8,19,21H,1-6,9-11H2. The molecule has 1 aromatic carbocycles. The summed E-state index contributed by atoms with van der Waals surface area (Å²) in [6.45, 7) is 5.14. The molecule has 0 radical (unpaired) electrons. The number of phenolic OH excluding ortho intramolecular Hbond substituents is 1. The molecule has 1 atom stereocenters. The minimum Gasteiger partial charge on any atom is -0.506 e. The van der Waals surface area contributed by atoms with Crippen LogP contribution >= 0.6 is 23.2 Å². The highest BCUT2D eigenvalue weighted by Gasteiger charge is 2.36. The van der Waals surface area contributed by atoms with E-state index in [1.54, 1.807) is 6.07 Å². The van der Waals surface area contributed by atoms with Gasteiger partial charge >= 0.3 is 0 Å². The van der Waals surface area contributed by atoms with E-state index in [0.29, 0.717) is 22.0 Å². The number of benzene rings is 1. The Morgan fingerprint density at radius 1 is 1.24 bits per heavy atom. The number of hydrogen-bond donors (Lipinski definition) is 2. The Hall–Kier alpha value is -0.480. The van der Waals surface area contributed by atoms with E-state index in [4.69, 9.17) is 23.2 Å². The second-order valence-electron chi connectivity index (χ2n) is 6.49. The lowest BCUT2D eigenvalue weighted by molar-refractivity contribution is 0.0596. The van der Waals surface area contributed by atoms with Gasteiger partial charge in [-0.15, -0.1) is 0 Å². The first kappa shape index (κ1) is 15.4. The highest BCUT2D eigenvalue weighted by Crippen LogP contribution is 2.38. The maximum atomic E-state index is 10.1. The van der Waals surface area contributed by atoms with E-state index in [0.717, 1.165) is 31.7 Å². The van der Waals surface area contributed by atoms with Crippen LogP contribution in [0.4, 0.5) is 0 Å². The summed E-state index contributed by atoms with van der Waals surface area (Å²) in [5.41, 5.74) is 1.24. The molecule has 1 aromatic rings. The van der Waals surface area contributed by atoms with Crippen molar-refractivity contribution in [1.82, 2.24) is 10.2 Å². The third-order valence-electron chi connectivity index (χ3n) is 4.80. The zero-order valence-corrected chi connectivity index (χ0v) is 13.7. The quantitative estimate of drug-likeness (QED) is 0.869. The molecule has 116 valence electrons. The summed E-state index contributed by atoms with van der Waals surface area (Å²) in [5.74, 6) is 0.169. The summed E-state index contributed by atoms with van der Waals surface area (Å²) in [6, 6.07) is 3.41. The van der Waals surface area contributed by atoms with Crippen LogP contribution in [0.25, 0.3) is 0 Å². The molecule has 0 aliphatic carbocycles. The summed E-state index contributed by atoms with van der Waals surface area (Å²) in [5, 5.41) is 14.6. The van der Waals surface area contributed by atoms with E-state index in [1.807, 2.05) is 6.07 Å². The fourth-order valence-electron chi connectivity index (χ4n) is 3.80. The highest BCUT2D eigenvalue weighted by molar-refractivity contribution is 6.35. The van der Waals surface area contributed by atoms with Gasteiger partial charge in [0.1, 0.15) is 5.75 Å². The van der Waals surface area contributed by atoms with E-state index in [-0.39, 0.29) is 5.75 Å². The van der Waals surface area contributed by atoms with Crippen molar-refractivity contribution in [3.05, 3.63) is 27.7 Å². The van der Waals surface area contributed by atoms with Crippen molar-refractivity contribution >= 4 is 23.2 Å². The molecule has 2 saturated heterocycles. The normalized spacial score (nSPS) is 27.1. The monoisotopic (exact) mass is 328 g/mol. The predicted molar refractivity (Wildman–Crippen MR) is 87.2 cm³/mol. The molecule has 2 N–H and O–H groups in total. The number of aromatic hydroxyl groups is 1. The van der Waals surface area contributed by atoms with E-state index >= 15 is 0 Å².